The van der Waals surface area contributed by atoms with E-state index in [-0.39, 0.29) is 10.8 Å². The number of hydrogen-bond acceptors (Lipinski definition) is 6. The molecule has 2 saturated heterocycles. The molecule has 2 fully saturated rings. The highest BCUT2D eigenvalue weighted by Gasteiger charge is 2.50. The molecule has 5 rings (SSSR count). The van der Waals surface area contributed by atoms with Gasteiger partial charge in [-0.3, -0.25) is 14.7 Å². The van der Waals surface area contributed by atoms with Gasteiger partial charge < -0.3 is 4.74 Å². The quantitative estimate of drug-likeness (QED) is 0.582. The molecule has 2 aromatic carbocycles. The fourth-order valence-electron chi connectivity index (χ4n) is 4.53. The molecule has 32 heavy (non-hydrogen) atoms. The highest BCUT2D eigenvalue weighted by molar-refractivity contribution is 8.02. The Balaban J connectivity index is 1.41. The molecule has 1 spiro atoms. The average molecular weight is 470 g/mol. The van der Waals surface area contributed by atoms with Gasteiger partial charge in [0, 0.05) is 30.4 Å². The summed E-state index contributed by atoms with van der Waals surface area (Å²) in [5.74, 6) is 1.17. The Morgan fingerprint density at radius 3 is 2.47 bits per heavy atom. The molecule has 9 heteroatoms. The highest BCUT2D eigenvalue weighted by Crippen LogP contribution is 2.47. The maximum atomic E-state index is 13.5. The molecule has 0 bridgehead atoms. The van der Waals surface area contributed by atoms with Crippen LogP contribution in [0.2, 0.25) is 0 Å². The minimum absolute atomic E-state index is 0.0507. The topological polar surface area (TPSA) is 79.8 Å². The molecule has 1 amide bonds. The normalized spacial score (nSPS) is 19.0. The van der Waals surface area contributed by atoms with Gasteiger partial charge in [-0.25, -0.2) is 8.42 Å². The second-order valence-electron chi connectivity index (χ2n) is 7.90. The molecule has 7 nitrogen and oxygen atoms in total. The zero-order chi connectivity index (χ0) is 22.3. The molecule has 0 saturated carbocycles. The Hall–Kier alpha value is -2.62. The number of para-hydroxylation sites is 1. The van der Waals surface area contributed by atoms with E-state index >= 15 is 0 Å². The Bertz CT molecular complexity index is 1260. The Morgan fingerprint density at radius 2 is 1.75 bits per heavy atom. The van der Waals surface area contributed by atoms with Gasteiger partial charge in [0.05, 0.1) is 23.3 Å². The van der Waals surface area contributed by atoms with Crippen LogP contribution in [0.15, 0.2) is 65.7 Å². The van der Waals surface area contributed by atoms with Crippen LogP contribution in [0.1, 0.15) is 12.8 Å². The van der Waals surface area contributed by atoms with E-state index in [9.17, 15) is 13.2 Å². The number of aromatic nitrogens is 1. The summed E-state index contributed by atoms with van der Waals surface area (Å²) in [5.41, 5.74) is 1.30. The largest absolute Gasteiger partial charge is 0.497 e. The number of benzene rings is 2. The lowest BCUT2D eigenvalue weighted by atomic mass is 10.0. The smallest absolute Gasteiger partial charge is 0.245 e. The van der Waals surface area contributed by atoms with Gasteiger partial charge in [0.1, 0.15) is 10.6 Å². The van der Waals surface area contributed by atoms with Crippen LogP contribution in [0.4, 0.5) is 5.69 Å². The summed E-state index contributed by atoms with van der Waals surface area (Å²) in [5, 5.41) is 0.796. The number of piperidine rings is 1. The number of rotatable bonds is 4. The lowest BCUT2D eigenvalue weighted by molar-refractivity contribution is -0.116. The number of sulfonamides is 1. The maximum absolute atomic E-state index is 13.5. The van der Waals surface area contributed by atoms with Crippen LogP contribution in [0.3, 0.4) is 0 Å². The predicted molar refractivity (Wildman–Crippen MR) is 125 cm³/mol. The fraction of sp³-hybridized carbons (Fsp3) is 0.304. The van der Waals surface area contributed by atoms with Crippen LogP contribution in [-0.2, 0) is 14.8 Å². The van der Waals surface area contributed by atoms with Gasteiger partial charge in [0.2, 0.25) is 15.9 Å². The second-order valence-corrected chi connectivity index (χ2v) is 11.1. The van der Waals surface area contributed by atoms with Crippen molar-refractivity contribution in [1.82, 2.24) is 9.29 Å². The molecule has 2 aliphatic rings. The summed E-state index contributed by atoms with van der Waals surface area (Å²) >= 11 is 1.61. The summed E-state index contributed by atoms with van der Waals surface area (Å²) in [6.07, 6.45) is 2.74. The van der Waals surface area contributed by atoms with Gasteiger partial charge in [-0.15, -0.1) is 11.8 Å². The molecule has 3 heterocycles. The Kier molecular flexibility index (Phi) is 5.35. The van der Waals surface area contributed by atoms with Crippen LogP contribution in [-0.4, -0.2) is 54.4 Å². The fourth-order valence-corrected chi connectivity index (χ4v) is 7.47. The summed E-state index contributed by atoms with van der Waals surface area (Å²) in [4.78, 5) is 18.7. The number of carbonyl (C=O) groups excluding carboxylic acids is 1. The number of thioether (sulfide) groups is 1. The number of carbonyl (C=O) groups is 1. The van der Waals surface area contributed by atoms with Crippen LogP contribution < -0.4 is 9.64 Å². The third kappa shape index (κ3) is 3.44. The number of hydrogen-bond donors (Lipinski definition) is 0. The minimum Gasteiger partial charge on any atom is -0.497 e. The standard InChI is InChI=1S/C23H23N3O4S2/c1-30-19-9-7-18(8-10-19)26-21(27)16-31-23(26)11-14-25(15-12-23)32(28,29)20-6-2-4-17-5-3-13-24-22(17)20/h2-10,13H,11-12,14-16H2,1H3. The van der Waals surface area contributed by atoms with Gasteiger partial charge in [0.15, 0.2) is 0 Å². The molecule has 0 unspecified atom stereocenters. The van der Waals surface area contributed by atoms with E-state index in [4.69, 9.17) is 4.74 Å². The zero-order valence-electron chi connectivity index (χ0n) is 17.6. The van der Waals surface area contributed by atoms with Crippen LogP contribution in [0, 0.1) is 0 Å². The molecular formula is C23H23N3O4S2. The number of anilines is 1. The van der Waals surface area contributed by atoms with Gasteiger partial charge >= 0.3 is 0 Å². The average Bonchev–Trinajstić information content (AvgIpc) is 3.14. The second kappa shape index (κ2) is 8.06. The van der Waals surface area contributed by atoms with E-state index in [2.05, 4.69) is 4.98 Å². The molecule has 0 radical (unpaired) electrons. The lowest BCUT2D eigenvalue weighted by Gasteiger charge is -2.43. The van der Waals surface area contributed by atoms with E-state index in [1.54, 1.807) is 43.3 Å². The lowest BCUT2D eigenvalue weighted by Crippen LogP contribution is -2.53. The maximum Gasteiger partial charge on any atom is 0.245 e. The summed E-state index contributed by atoms with van der Waals surface area (Å²) in [6.45, 7) is 0.691. The first-order chi connectivity index (χ1) is 15.4. The predicted octanol–water partition coefficient (Wildman–Crippen LogP) is 3.50. The monoisotopic (exact) mass is 469 g/mol. The highest BCUT2D eigenvalue weighted by atomic mass is 32.2. The summed E-state index contributed by atoms with van der Waals surface area (Å²) < 4.78 is 33.7. The van der Waals surface area contributed by atoms with Crippen LogP contribution in [0.25, 0.3) is 10.9 Å². The number of methoxy groups -OCH3 is 1. The van der Waals surface area contributed by atoms with E-state index in [0.29, 0.717) is 37.2 Å². The van der Waals surface area contributed by atoms with Crippen molar-refractivity contribution < 1.29 is 17.9 Å². The van der Waals surface area contributed by atoms with Gasteiger partial charge in [0.25, 0.3) is 0 Å². The molecule has 0 N–H and O–H groups in total. The summed E-state index contributed by atoms with van der Waals surface area (Å²) in [7, 11) is -2.09. The van der Waals surface area contributed by atoms with Crippen molar-refractivity contribution in [2.45, 2.75) is 22.6 Å². The number of nitrogens with zero attached hydrogens (tertiary/aromatic N) is 3. The Morgan fingerprint density at radius 1 is 1.03 bits per heavy atom. The molecule has 0 atom stereocenters. The molecule has 0 aliphatic carbocycles. The van der Waals surface area contributed by atoms with Crippen molar-refractivity contribution in [2.24, 2.45) is 0 Å². The third-order valence-corrected chi connectivity index (χ3v) is 9.62. The number of ether oxygens (including phenoxy) is 1. The van der Waals surface area contributed by atoms with Crippen molar-refractivity contribution in [3.63, 3.8) is 0 Å². The SMILES string of the molecule is COc1ccc(N2C(=O)CSC23CCN(S(=O)(=O)c2cccc4cccnc24)CC3)cc1. The van der Waals surface area contributed by atoms with Crippen molar-refractivity contribution in [3.05, 3.63) is 60.8 Å². The van der Waals surface area contributed by atoms with Gasteiger partial charge in [-0.05, 0) is 49.2 Å². The van der Waals surface area contributed by atoms with Crippen molar-refractivity contribution >= 4 is 44.3 Å². The number of amides is 1. The van der Waals surface area contributed by atoms with Gasteiger partial charge in [-0.1, -0.05) is 18.2 Å². The van der Waals surface area contributed by atoms with E-state index in [1.807, 2.05) is 41.3 Å². The molecule has 1 aromatic heterocycles. The van der Waals surface area contributed by atoms with E-state index in [1.165, 1.54) is 4.31 Å². The number of pyridine rings is 1. The Labute approximate surface area is 191 Å². The van der Waals surface area contributed by atoms with E-state index < -0.39 is 14.9 Å². The van der Waals surface area contributed by atoms with Crippen LogP contribution >= 0.6 is 11.8 Å². The van der Waals surface area contributed by atoms with Crippen LogP contribution in [0.5, 0.6) is 5.75 Å². The summed E-state index contributed by atoms with van der Waals surface area (Å²) in [6, 6.07) is 16.3. The van der Waals surface area contributed by atoms with Crippen molar-refractivity contribution in [2.75, 3.05) is 30.9 Å². The van der Waals surface area contributed by atoms with Gasteiger partial charge in [-0.2, -0.15) is 4.31 Å². The molecular weight excluding hydrogens is 446 g/mol. The molecule has 3 aromatic rings. The first-order valence-corrected chi connectivity index (χ1v) is 12.8. The minimum atomic E-state index is -3.70. The van der Waals surface area contributed by atoms with Crippen molar-refractivity contribution in [1.29, 1.82) is 0 Å². The van der Waals surface area contributed by atoms with Crippen molar-refractivity contribution in [3.8, 4) is 5.75 Å². The zero-order valence-corrected chi connectivity index (χ0v) is 19.2. The number of fused-ring (bicyclic) bond motifs is 1. The molecule has 2 aliphatic heterocycles. The first-order valence-electron chi connectivity index (χ1n) is 10.4. The molecule has 166 valence electrons. The van der Waals surface area contributed by atoms with E-state index in [0.717, 1.165) is 16.8 Å². The third-order valence-electron chi connectivity index (χ3n) is 6.17. The first kappa shape index (κ1) is 21.2.